The number of nitrogens with zero attached hydrogens (tertiary/aromatic N) is 2. The Bertz CT molecular complexity index is 966. The second-order valence-electron chi connectivity index (χ2n) is 7.89. The average molecular weight is 404 g/mol. The lowest BCUT2D eigenvalue weighted by Gasteiger charge is -2.36. The molecular formula is C24H25N3OS. The molecule has 3 aromatic rings. The molecule has 3 heterocycles. The molecule has 1 aliphatic carbocycles. The molecule has 1 saturated carbocycles. The highest BCUT2D eigenvalue weighted by molar-refractivity contribution is 7.80. The molecular weight excluding hydrogens is 378 g/mol. The van der Waals surface area contributed by atoms with Crippen molar-refractivity contribution in [2.45, 2.75) is 50.2 Å². The van der Waals surface area contributed by atoms with Crippen molar-refractivity contribution in [3.63, 3.8) is 0 Å². The Kier molecular flexibility index (Phi) is 5.06. The molecule has 148 valence electrons. The topological polar surface area (TPSA) is 41.3 Å². The minimum absolute atomic E-state index is 0.0120. The molecule has 1 N–H and O–H groups in total. The Balaban J connectivity index is 1.54. The first-order valence-electron chi connectivity index (χ1n) is 10.5. The Morgan fingerprint density at radius 3 is 2.48 bits per heavy atom. The monoisotopic (exact) mass is 403 g/mol. The molecule has 0 amide bonds. The highest BCUT2D eigenvalue weighted by Crippen LogP contribution is 2.43. The van der Waals surface area contributed by atoms with Crippen LogP contribution < -0.4 is 5.32 Å². The number of benzene rings is 1. The van der Waals surface area contributed by atoms with Gasteiger partial charge in [0.05, 0.1) is 11.7 Å². The van der Waals surface area contributed by atoms with Crippen LogP contribution in [0.25, 0.3) is 11.3 Å². The van der Waals surface area contributed by atoms with Crippen molar-refractivity contribution >= 4 is 17.3 Å². The molecule has 2 aromatic heterocycles. The number of thiocarbonyl (C=S) groups is 1. The number of nitrogens with one attached hydrogen (secondary N) is 1. The molecule has 29 heavy (non-hydrogen) atoms. The molecule has 1 saturated heterocycles. The molecule has 0 bridgehead atoms. The largest absolute Gasteiger partial charge is 0.459 e. The van der Waals surface area contributed by atoms with E-state index in [9.17, 15) is 0 Å². The number of hydrogen-bond acceptors (Lipinski definition) is 3. The summed E-state index contributed by atoms with van der Waals surface area (Å²) in [6.07, 6.45) is 8.05. The number of furan rings is 1. The zero-order valence-corrected chi connectivity index (χ0v) is 17.1. The minimum atomic E-state index is -0.0135. The normalized spacial score (nSPS) is 22.6. The zero-order valence-electron chi connectivity index (χ0n) is 16.3. The molecule has 2 atom stereocenters. The van der Waals surface area contributed by atoms with Crippen LogP contribution in [0.5, 0.6) is 0 Å². The Morgan fingerprint density at radius 1 is 0.931 bits per heavy atom. The lowest BCUT2D eigenvalue weighted by Crippen LogP contribution is -2.40. The van der Waals surface area contributed by atoms with Crippen molar-refractivity contribution in [3.05, 3.63) is 78.3 Å². The third-order valence-electron chi connectivity index (χ3n) is 6.08. The average Bonchev–Trinajstić information content (AvgIpc) is 3.40. The molecule has 1 aromatic carbocycles. The van der Waals surface area contributed by atoms with Crippen LogP contribution >= 0.6 is 12.2 Å². The summed E-state index contributed by atoms with van der Waals surface area (Å²) in [6.45, 7) is 0. The first-order valence-corrected chi connectivity index (χ1v) is 10.9. The summed E-state index contributed by atoms with van der Waals surface area (Å²) in [5.74, 6) is 1.83. The Hall–Kier alpha value is -2.66. The van der Waals surface area contributed by atoms with E-state index in [1.807, 2.05) is 36.5 Å². The van der Waals surface area contributed by atoms with Crippen LogP contribution in [0, 0.1) is 0 Å². The maximum absolute atomic E-state index is 6.41. The van der Waals surface area contributed by atoms with Gasteiger partial charge in [-0.25, -0.2) is 0 Å². The summed E-state index contributed by atoms with van der Waals surface area (Å²) in [7, 11) is 0. The van der Waals surface area contributed by atoms with Gasteiger partial charge in [-0.2, -0.15) is 0 Å². The molecule has 2 fully saturated rings. The van der Waals surface area contributed by atoms with Crippen LogP contribution in [0.1, 0.15) is 55.6 Å². The lowest BCUT2D eigenvalue weighted by atomic mass is 9.92. The minimum Gasteiger partial charge on any atom is -0.459 e. The summed E-state index contributed by atoms with van der Waals surface area (Å²) in [4.78, 5) is 7.02. The van der Waals surface area contributed by atoms with E-state index < -0.39 is 0 Å². The third kappa shape index (κ3) is 3.55. The molecule has 2 aliphatic rings. The zero-order chi connectivity index (χ0) is 19.6. The van der Waals surface area contributed by atoms with Crippen molar-refractivity contribution in [2.24, 2.45) is 0 Å². The van der Waals surface area contributed by atoms with E-state index in [4.69, 9.17) is 16.6 Å². The van der Waals surface area contributed by atoms with Gasteiger partial charge in [0.15, 0.2) is 5.11 Å². The van der Waals surface area contributed by atoms with E-state index >= 15 is 0 Å². The number of hydrogen-bond donors (Lipinski definition) is 1. The van der Waals surface area contributed by atoms with Gasteiger partial charge in [0.2, 0.25) is 0 Å². The van der Waals surface area contributed by atoms with Crippen LogP contribution in [0.4, 0.5) is 0 Å². The fourth-order valence-corrected chi connectivity index (χ4v) is 5.08. The van der Waals surface area contributed by atoms with E-state index in [1.165, 1.54) is 32.1 Å². The first kappa shape index (κ1) is 18.4. The molecule has 0 radical (unpaired) electrons. The maximum Gasteiger partial charge on any atom is 0.170 e. The predicted octanol–water partition coefficient (Wildman–Crippen LogP) is 5.65. The molecule has 0 spiro atoms. The van der Waals surface area contributed by atoms with Crippen molar-refractivity contribution in [1.82, 2.24) is 15.2 Å². The Labute approximate surface area is 177 Å². The van der Waals surface area contributed by atoms with Crippen LogP contribution in [-0.4, -0.2) is 21.0 Å². The van der Waals surface area contributed by atoms with Crippen molar-refractivity contribution < 1.29 is 4.42 Å². The van der Waals surface area contributed by atoms with Crippen LogP contribution in [-0.2, 0) is 0 Å². The van der Waals surface area contributed by atoms with E-state index in [2.05, 4.69) is 45.5 Å². The van der Waals surface area contributed by atoms with Gasteiger partial charge in [0.1, 0.15) is 17.6 Å². The smallest absolute Gasteiger partial charge is 0.170 e. The van der Waals surface area contributed by atoms with Gasteiger partial charge in [-0.1, -0.05) is 55.7 Å². The van der Waals surface area contributed by atoms with Crippen molar-refractivity contribution in [3.8, 4) is 11.3 Å². The van der Waals surface area contributed by atoms with Gasteiger partial charge in [0.25, 0.3) is 0 Å². The molecule has 5 rings (SSSR count). The summed E-state index contributed by atoms with van der Waals surface area (Å²) >= 11 is 5.82. The standard InChI is InChI=1S/C24H25N3OS/c29-24-26-22(19-13-7-8-16-25-19)23(27(24)18-11-5-2-6-12-18)21-15-14-20(28-21)17-9-3-1-4-10-17/h1,3-4,7-10,13-16,18,22-23H,2,5-6,11-12H2,(H,26,29)/t22-,23-/m0/s1. The highest BCUT2D eigenvalue weighted by Gasteiger charge is 2.44. The highest BCUT2D eigenvalue weighted by atomic mass is 32.1. The van der Waals surface area contributed by atoms with Gasteiger partial charge in [-0.15, -0.1) is 0 Å². The van der Waals surface area contributed by atoms with Gasteiger partial charge in [-0.05, 0) is 49.3 Å². The van der Waals surface area contributed by atoms with Crippen LogP contribution in [0.2, 0.25) is 0 Å². The summed E-state index contributed by atoms with van der Waals surface area (Å²) in [5.41, 5.74) is 2.08. The van der Waals surface area contributed by atoms with Crippen molar-refractivity contribution in [1.29, 1.82) is 0 Å². The number of rotatable bonds is 4. The fourth-order valence-electron chi connectivity index (χ4n) is 4.69. The van der Waals surface area contributed by atoms with E-state index in [-0.39, 0.29) is 12.1 Å². The second kappa shape index (κ2) is 7.99. The van der Waals surface area contributed by atoms with E-state index in [0.717, 1.165) is 27.9 Å². The van der Waals surface area contributed by atoms with Gasteiger partial charge in [-0.3, -0.25) is 4.98 Å². The van der Waals surface area contributed by atoms with Crippen LogP contribution in [0.3, 0.4) is 0 Å². The maximum atomic E-state index is 6.41. The van der Waals surface area contributed by atoms with Crippen molar-refractivity contribution in [2.75, 3.05) is 0 Å². The first-order chi connectivity index (χ1) is 14.3. The molecule has 4 nitrogen and oxygen atoms in total. The predicted molar refractivity (Wildman–Crippen MR) is 118 cm³/mol. The SMILES string of the molecule is S=C1N[C@@H](c2ccccn2)[C@H](c2ccc(-c3ccccc3)o2)N1C1CCCCC1. The second-order valence-corrected chi connectivity index (χ2v) is 8.28. The van der Waals surface area contributed by atoms with Gasteiger partial charge < -0.3 is 14.6 Å². The third-order valence-corrected chi connectivity index (χ3v) is 6.41. The summed E-state index contributed by atoms with van der Waals surface area (Å²) in [5, 5.41) is 4.37. The fraction of sp³-hybridized carbons (Fsp3) is 0.333. The number of pyridine rings is 1. The summed E-state index contributed by atoms with van der Waals surface area (Å²) < 4.78 is 6.41. The Morgan fingerprint density at radius 2 is 1.72 bits per heavy atom. The van der Waals surface area contributed by atoms with Crippen LogP contribution in [0.15, 0.2) is 71.3 Å². The van der Waals surface area contributed by atoms with Gasteiger partial charge >= 0.3 is 0 Å². The molecule has 5 heteroatoms. The quantitative estimate of drug-likeness (QED) is 0.570. The van der Waals surface area contributed by atoms with E-state index in [0.29, 0.717) is 6.04 Å². The number of aromatic nitrogens is 1. The van der Waals surface area contributed by atoms with Gasteiger partial charge in [0, 0.05) is 17.8 Å². The van der Waals surface area contributed by atoms with E-state index in [1.54, 1.807) is 0 Å². The molecule has 1 aliphatic heterocycles. The molecule has 0 unspecified atom stereocenters. The summed E-state index contributed by atoms with van der Waals surface area (Å²) in [6, 6.07) is 20.9. The lowest BCUT2D eigenvalue weighted by molar-refractivity contribution is 0.179.